The molecule has 1 aliphatic rings. The van der Waals surface area contributed by atoms with Gasteiger partial charge in [0.2, 0.25) is 0 Å². The van der Waals surface area contributed by atoms with Crippen molar-refractivity contribution in [3.05, 3.63) is 77.0 Å². The molecule has 0 aliphatic carbocycles. The topological polar surface area (TPSA) is 98.0 Å². The van der Waals surface area contributed by atoms with E-state index < -0.39 is 29.5 Å². The van der Waals surface area contributed by atoms with Gasteiger partial charge in [-0.25, -0.2) is 9.78 Å². The van der Waals surface area contributed by atoms with Gasteiger partial charge in [-0.15, -0.1) is 0 Å². The Balaban J connectivity index is 1.50. The Labute approximate surface area is 256 Å². The molecule has 11 heteroatoms. The lowest BCUT2D eigenvalue weighted by molar-refractivity contribution is -0.137. The summed E-state index contributed by atoms with van der Waals surface area (Å²) in [4.78, 5) is 34.0. The molecule has 2 amide bonds. The van der Waals surface area contributed by atoms with Crippen molar-refractivity contribution in [2.45, 2.75) is 78.4 Å². The highest BCUT2D eigenvalue weighted by molar-refractivity contribution is 5.96. The van der Waals surface area contributed by atoms with Crippen molar-refractivity contribution >= 4 is 17.8 Å². The minimum absolute atomic E-state index is 0.102. The molecule has 2 N–H and O–H groups in total. The standard InChI is InChI=1S/C33H39F3N4O4/c1-19-13-24(11-12-27(19)30(41)39-17-20(2)40(21(3)18-39)31(42)44-32(5,6)7)25-15-28(29(37)38-16-25)43-22(4)23-9-8-10-26(14-23)33(34,35)36/h8-16,20-22H,17-18H2,1-7H3,(H2,37,38)/t20-,21+,22?. The molecule has 0 saturated carbocycles. The van der Waals surface area contributed by atoms with Crippen LogP contribution in [-0.4, -0.2) is 57.6 Å². The first-order valence-corrected chi connectivity index (χ1v) is 14.5. The minimum atomic E-state index is -4.47. The predicted octanol–water partition coefficient (Wildman–Crippen LogP) is 7.27. The third-order valence-electron chi connectivity index (χ3n) is 7.47. The largest absolute Gasteiger partial charge is 0.482 e. The van der Waals surface area contributed by atoms with Crippen LogP contribution in [0.4, 0.5) is 23.8 Å². The number of ether oxygens (including phenoxy) is 2. The van der Waals surface area contributed by atoms with Gasteiger partial charge >= 0.3 is 12.3 Å². The summed E-state index contributed by atoms with van der Waals surface area (Å²) in [5.74, 6) is 0.201. The summed E-state index contributed by atoms with van der Waals surface area (Å²) in [6.45, 7) is 13.5. The number of aryl methyl sites for hydroxylation is 1. The van der Waals surface area contributed by atoms with E-state index in [9.17, 15) is 22.8 Å². The first-order valence-electron chi connectivity index (χ1n) is 14.5. The van der Waals surface area contributed by atoms with Crippen LogP contribution in [0.2, 0.25) is 0 Å². The highest BCUT2D eigenvalue weighted by Crippen LogP contribution is 2.34. The van der Waals surface area contributed by atoms with Gasteiger partial charge < -0.3 is 20.1 Å². The maximum Gasteiger partial charge on any atom is 0.416 e. The SMILES string of the molecule is Cc1cc(-c2cnc(N)c(OC(C)c3cccc(C(F)(F)F)c3)c2)ccc1C(=O)N1C[C@@H](C)N(C(=O)OC(C)(C)C)[C@@H](C)C1. The van der Waals surface area contributed by atoms with Crippen LogP contribution in [0.15, 0.2) is 54.7 Å². The number of piperazine rings is 1. The number of carbonyl (C=O) groups is 2. The number of aromatic nitrogens is 1. The Hall–Kier alpha value is -4.28. The minimum Gasteiger partial charge on any atom is -0.482 e. The number of anilines is 1. The molecular weight excluding hydrogens is 573 g/mol. The second kappa shape index (κ2) is 12.4. The molecule has 0 bridgehead atoms. The average molecular weight is 613 g/mol. The average Bonchev–Trinajstić information content (AvgIpc) is 2.92. The molecule has 3 atom stereocenters. The quantitative estimate of drug-likeness (QED) is 0.326. The Kier molecular flexibility index (Phi) is 9.18. The second-order valence-corrected chi connectivity index (χ2v) is 12.3. The van der Waals surface area contributed by atoms with Crippen molar-refractivity contribution in [1.82, 2.24) is 14.8 Å². The zero-order valence-corrected chi connectivity index (χ0v) is 26.0. The summed E-state index contributed by atoms with van der Waals surface area (Å²) in [6, 6.07) is 11.6. The Morgan fingerprint density at radius 3 is 2.25 bits per heavy atom. The normalized spacial score (nSPS) is 18.1. The Morgan fingerprint density at radius 2 is 1.66 bits per heavy atom. The van der Waals surface area contributed by atoms with Gasteiger partial charge in [0.25, 0.3) is 5.91 Å². The van der Waals surface area contributed by atoms with Crippen molar-refractivity contribution < 1.29 is 32.2 Å². The van der Waals surface area contributed by atoms with Crippen LogP contribution < -0.4 is 10.5 Å². The van der Waals surface area contributed by atoms with Gasteiger partial charge in [0.05, 0.1) is 17.6 Å². The number of benzene rings is 2. The van der Waals surface area contributed by atoms with E-state index in [-0.39, 0.29) is 29.6 Å². The summed E-state index contributed by atoms with van der Waals surface area (Å²) in [7, 11) is 0. The molecule has 236 valence electrons. The van der Waals surface area contributed by atoms with Crippen LogP contribution in [0.1, 0.15) is 74.7 Å². The number of hydrogen-bond acceptors (Lipinski definition) is 6. The molecule has 2 heterocycles. The number of nitrogen functional groups attached to an aromatic ring is 1. The zero-order chi connectivity index (χ0) is 32.6. The fourth-order valence-electron chi connectivity index (χ4n) is 5.35. The van der Waals surface area contributed by atoms with Gasteiger partial charge in [-0.1, -0.05) is 24.3 Å². The number of pyridine rings is 1. The molecule has 1 aliphatic heterocycles. The van der Waals surface area contributed by atoms with E-state index in [1.54, 1.807) is 47.2 Å². The molecule has 4 rings (SSSR count). The maximum atomic E-state index is 13.6. The molecular formula is C33H39F3N4O4. The molecule has 1 fully saturated rings. The van der Waals surface area contributed by atoms with Crippen molar-refractivity contribution in [3.63, 3.8) is 0 Å². The van der Waals surface area contributed by atoms with Crippen molar-refractivity contribution in [3.8, 4) is 16.9 Å². The number of rotatable bonds is 5. The number of carbonyl (C=O) groups excluding carboxylic acids is 2. The molecule has 3 aromatic rings. The van der Waals surface area contributed by atoms with Crippen LogP contribution in [0.5, 0.6) is 5.75 Å². The van der Waals surface area contributed by atoms with E-state index in [4.69, 9.17) is 15.2 Å². The fraction of sp³-hybridized carbons (Fsp3) is 0.424. The summed E-state index contributed by atoms with van der Waals surface area (Å²) in [5.41, 5.74) is 7.74. The molecule has 2 aromatic carbocycles. The molecule has 0 radical (unpaired) electrons. The smallest absolute Gasteiger partial charge is 0.416 e. The van der Waals surface area contributed by atoms with Crippen LogP contribution in [0, 0.1) is 6.92 Å². The van der Waals surface area contributed by atoms with E-state index in [2.05, 4.69) is 4.98 Å². The number of amides is 2. The predicted molar refractivity (Wildman–Crippen MR) is 162 cm³/mol. The van der Waals surface area contributed by atoms with Gasteiger partial charge in [-0.2, -0.15) is 13.2 Å². The van der Waals surface area contributed by atoms with Gasteiger partial charge in [0.15, 0.2) is 11.6 Å². The van der Waals surface area contributed by atoms with E-state index in [0.717, 1.165) is 23.3 Å². The highest BCUT2D eigenvalue weighted by atomic mass is 19.4. The zero-order valence-electron chi connectivity index (χ0n) is 26.0. The molecule has 8 nitrogen and oxygen atoms in total. The summed E-state index contributed by atoms with van der Waals surface area (Å²) in [5, 5.41) is 0. The lowest BCUT2D eigenvalue weighted by atomic mass is 9.99. The van der Waals surface area contributed by atoms with Crippen molar-refractivity contribution in [2.24, 2.45) is 0 Å². The number of halogens is 3. The number of alkyl halides is 3. The molecule has 44 heavy (non-hydrogen) atoms. The Bertz CT molecular complexity index is 1520. The van der Waals surface area contributed by atoms with Gasteiger partial charge in [0.1, 0.15) is 11.7 Å². The van der Waals surface area contributed by atoms with Gasteiger partial charge in [0, 0.05) is 30.4 Å². The monoisotopic (exact) mass is 612 g/mol. The fourth-order valence-corrected chi connectivity index (χ4v) is 5.35. The lowest BCUT2D eigenvalue weighted by Crippen LogP contribution is -2.60. The van der Waals surface area contributed by atoms with E-state index in [1.807, 2.05) is 47.6 Å². The summed E-state index contributed by atoms with van der Waals surface area (Å²) >= 11 is 0. The van der Waals surface area contributed by atoms with Crippen molar-refractivity contribution in [2.75, 3.05) is 18.8 Å². The summed E-state index contributed by atoms with van der Waals surface area (Å²) < 4.78 is 51.1. The van der Waals surface area contributed by atoms with Crippen LogP contribution in [-0.2, 0) is 10.9 Å². The maximum absolute atomic E-state index is 13.6. The first kappa shape index (κ1) is 32.6. The van der Waals surface area contributed by atoms with Crippen molar-refractivity contribution in [1.29, 1.82) is 0 Å². The lowest BCUT2D eigenvalue weighted by Gasteiger charge is -2.44. The van der Waals surface area contributed by atoms with E-state index >= 15 is 0 Å². The van der Waals surface area contributed by atoms with Crippen LogP contribution in [0.25, 0.3) is 11.1 Å². The highest BCUT2D eigenvalue weighted by Gasteiger charge is 2.37. The third kappa shape index (κ3) is 7.43. The molecule has 1 aromatic heterocycles. The molecule has 0 spiro atoms. The molecule has 1 saturated heterocycles. The summed E-state index contributed by atoms with van der Waals surface area (Å²) in [6.07, 6.45) is -4.01. The van der Waals surface area contributed by atoms with Crippen LogP contribution >= 0.6 is 0 Å². The van der Waals surface area contributed by atoms with E-state index in [0.29, 0.717) is 29.8 Å². The number of hydrogen-bond donors (Lipinski definition) is 1. The first-order chi connectivity index (χ1) is 20.4. The van der Waals surface area contributed by atoms with Crippen LogP contribution in [0.3, 0.4) is 0 Å². The van der Waals surface area contributed by atoms with Gasteiger partial charge in [-0.05, 0) is 89.4 Å². The second-order valence-electron chi connectivity index (χ2n) is 12.3. The Morgan fingerprint density at radius 1 is 1.00 bits per heavy atom. The number of nitrogens with two attached hydrogens (primary N) is 1. The van der Waals surface area contributed by atoms with E-state index in [1.165, 1.54) is 6.07 Å². The molecule has 1 unspecified atom stereocenters. The third-order valence-corrected chi connectivity index (χ3v) is 7.47. The number of nitrogens with zero attached hydrogens (tertiary/aromatic N) is 3. The van der Waals surface area contributed by atoms with Gasteiger partial charge in [-0.3, -0.25) is 9.69 Å².